The molecule has 0 aliphatic rings. The summed E-state index contributed by atoms with van der Waals surface area (Å²) in [6.07, 6.45) is 3.64. The summed E-state index contributed by atoms with van der Waals surface area (Å²) < 4.78 is 0. The van der Waals surface area contributed by atoms with Crippen molar-refractivity contribution in [3.05, 3.63) is 60.2 Å². The van der Waals surface area contributed by atoms with E-state index in [1.54, 1.807) is 12.3 Å². The molecule has 0 radical (unpaired) electrons. The molecule has 0 amide bonds. The average molecular weight is 213 g/mol. The third kappa shape index (κ3) is 2.42. The first-order valence-corrected chi connectivity index (χ1v) is 4.91. The van der Waals surface area contributed by atoms with Crippen molar-refractivity contribution in [1.29, 1.82) is 0 Å². The zero-order valence-electron chi connectivity index (χ0n) is 8.61. The lowest BCUT2D eigenvalue weighted by molar-refractivity contribution is 0.318. The molecule has 1 heterocycles. The van der Waals surface area contributed by atoms with Crippen LogP contribution in [0.4, 0.5) is 0 Å². The monoisotopic (exact) mass is 213 g/mol. The first-order valence-electron chi connectivity index (χ1n) is 4.91. The minimum Gasteiger partial charge on any atom is -0.411 e. The zero-order valence-corrected chi connectivity index (χ0v) is 8.61. The maximum atomic E-state index is 8.99. The fourth-order valence-electron chi connectivity index (χ4n) is 1.42. The highest BCUT2D eigenvalue weighted by molar-refractivity contribution is 6.01. The Labute approximate surface area is 93.3 Å². The Kier molecular flexibility index (Phi) is 3.23. The molecule has 4 heteroatoms. The molecule has 1 aromatic carbocycles. The first-order chi connectivity index (χ1) is 7.90. The van der Waals surface area contributed by atoms with Gasteiger partial charge < -0.3 is 5.21 Å². The molecule has 2 rings (SSSR count). The van der Waals surface area contributed by atoms with E-state index in [9.17, 15) is 0 Å². The van der Waals surface area contributed by atoms with Gasteiger partial charge in [0.05, 0.1) is 5.71 Å². The van der Waals surface area contributed by atoms with Crippen LogP contribution in [-0.2, 0) is 6.42 Å². The van der Waals surface area contributed by atoms with Gasteiger partial charge in [-0.1, -0.05) is 35.5 Å². The normalized spacial score (nSPS) is 11.4. The lowest BCUT2D eigenvalue weighted by atomic mass is 10.1. The Balaban J connectivity index is 2.20. The van der Waals surface area contributed by atoms with Crippen LogP contribution >= 0.6 is 0 Å². The van der Waals surface area contributed by atoms with Crippen molar-refractivity contribution in [2.24, 2.45) is 5.16 Å². The van der Waals surface area contributed by atoms with Gasteiger partial charge in [0.15, 0.2) is 0 Å². The number of nitrogens with zero attached hydrogens (tertiary/aromatic N) is 3. The van der Waals surface area contributed by atoms with E-state index in [4.69, 9.17) is 5.21 Å². The van der Waals surface area contributed by atoms with Crippen LogP contribution in [0.1, 0.15) is 11.3 Å². The standard InChI is InChI=1S/C12H11N3O/c16-15-12(10-4-2-1-3-5-10)8-11-6-7-13-9-14-11/h1-7,9,16H,8H2. The number of benzene rings is 1. The van der Waals surface area contributed by atoms with E-state index in [0.717, 1.165) is 11.3 Å². The summed E-state index contributed by atoms with van der Waals surface area (Å²) in [5.41, 5.74) is 2.31. The minimum atomic E-state index is 0.489. The smallest absolute Gasteiger partial charge is 0.115 e. The molecule has 80 valence electrons. The van der Waals surface area contributed by atoms with Crippen LogP contribution < -0.4 is 0 Å². The molecule has 0 unspecified atom stereocenters. The SMILES string of the molecule is ON=C(Cc1ccncn1)c1ccccc1. The maximum Gasteiger partial charge on any atom is 0.115 e. The van der Waals surface area contributed by atoms with Gasteiger partial charge in [-0.3, -0.25) is 0 Å². The Morgan fingerprint density at radius 2 is 2.00 bits per heavy atom. The van der Waals surface area contributed by atoms with Gasteiger partial charge in [0.1, 0.15) is 6.33 Å². The van der Waals surface area contributed by atoms with Gasteiger partial charge in [-0.25, -0.2) is 9.97 Å². The summed E-state index contributed by atoms with van der Waals surface area (Å²) in [6, 6.07) is 11.3. The molecule has 0 aliphatic heterocycles. The highest BCUT2D eigenvalue weighted by Gasteiger charge is 2.05. The Hall–Kier alpha value is -2.23. The molecule has 0 saturated heterocycles. The van der Waals surface area contributed by atoms with Crippen LogP contribution in [0.15, 0.2) is 54.1 Å². The fraction of sp³-hybridized carbons (Fsp3) is 0.0833. The van der Waals surface area contributed by atoms with Gasteiger partial charge >= 0.3 is 0 Å². The van der Waals surface area contributed by atoms with Crippen molar-refractivity contribution in [3.8, 4) is 0 Å². The predicted molar refractivity (Wildman–Crippen MR) is 60.5 cm³/mol. The molecule has 0 bridgehead atoms. The second-order valence-corrected chi connectivity index (χ2v) is 3.29. The van der Waals surface area contributed by atoms with Crippen LogP contribution in [0.3, 0.4) is 0 Å². The minimum absolute atomic E-state index is 0.489. The molecule has 4 nitrogen and oxygen atoms in total. The molecule has 2 aromatic rings. The Bertz CT molecular complexity index is 468. The van der Waals surface area contributed by atoms with Crippen molar-refractivity contribution in [2.45, 2.75) is 6.42 Å². The van der Waals surface area contributed by atoms with Crippen LogP contribution in [-0.4, -0.2) is 20.9 Å². The molecule has 0 aliphatic carbocycles. The van der Waals surface area contributed by atoms with Gasteiger partial charge in [-0.05, 0) is 11.6 Å². The number of hydrogen-bond acceptors (Lipinski definition) is 4. The lowest BCUT2D eigenvalue weighted by Crippen LogP contribution is -2.06. The largest absolute Gasteiger partial charge is 0.411 e. The quantitative estimate of drug-likeness (QED) is 0.481. The highest BCUT2D eigenvalue weighted by Crippen LogP contribution is 2.05. The zero-order chi connectivity index (χ0) is 11.2. The molecule has 16 heavy (non-hydrogen) atoms. The second-order valence-electron chi connectivity index (χ2n) is 3.29. The Morgan fingerprint density at radius 1 is 1.19 bits per heavy atom. The van der Waals surface area contributed by atoms with E-state index < -0.39 is 0 Å². The van der Waals surface area contributed by atoms with Gasteiger partial charge in [-0.2, -0.15) is 0 Å². The highest BCUT2D eigenvalue weighted by atomic mass is 16.4. The van der Waals surface area contributed by atoms with E-state index in [1.807, 2.05) is 30.3 Å². The summed E-state index contributed by atoms with van der Waals surface area (Å²) >= 11 is 0. The van der Waals surface area contributed by atoms with Crippen LogP contribution in [0, 0.1) is 0 Å². The van der Waals surface area contributed by atoms with Gasteiger partial charge in [-0.15, -0.1) is 0 Å². The average Bonchev–Trinajstić information content (AvgIpc) is 2.38. The summed E-state index contributed by atoms with van der Waals surface area (Å²) in [7, 11) is 0. The third-order valence-electron chi connectivity index (χ3n) is 2.22. The van der Waals surface area contributed by atoms with Gasteiger partial charge in [0.2, 0.25) is 0 Å². The summed E-state index contributed by atoms with van der Waals surface area (Å²) in [5.74, 6) is 0. The maximum absolute atomic E-state index is 8.99. The van der Waals surface area contributed by atoms with E-state index >= 15 is 0 Å². The topological polar surface area (TPSA) is 58.4 Å². The van der Waals surface area contributed by atoms with E-state index in [2.05, 4.69) is 15.1 Å². The fourth-order valence-corrected chi connectivity index (χ4v) is 1.42. The summed E-state index contributed by atoms with van der Waals surface area (Å²) in [4.78, 5) is 7.93. The van der Waals surface area contributed by atoms with Crippen LogP contribution in [0.25, 0.3) is 0 Å². The number of aromatic nitrogens is 2. The number of hydrogen-bond donors (Lipinski definition) is 1. The molecule has 1 aromatic heterocycles. The third-order valence-corrected chi connectivity index (χ3v) is 2.22. The molecule has 0 atom stereocenters. The van der Waals surface area contributed by atoms with Gasteiger partial charge in [0, 0.05) is 18.3 Å². The second kappa shape index (κ2) is 5.02. The molecule has 0 spiro atoms. The van der Waals surface area contributed by atoms with Crippen LogP contribution in [0.5, 0.6) is 0 Å². The van der Waals surface area contributed by atoms with Crippen molar-refractivity contribution >= 4 is 5.71 Å². The first kappa shape index (κ1) is 10.3. The number of oxime groups is 1. The molecule has 0 saturated carbocycles. The summed E-state index contributed by atoms with van der Waals surface area (Å²) in [5, 5.41) is 12.3. The van der Waals surface area contributed by atoms with Crippen molar-refractivity contribution in [1.82, 2.24) is 9.97 Å². The van der Waals surface area contributed by atoms with Crippen LogP contribution in [0.2, 0.25) is 0 Å². The van der Waals surface area contributed by atoms with Crippen molar-refractivity contribution in [3.63, 3.8) is 0 Å². The Morgan fingerprint density at radius 3 is 2.62 bits per heavy atom. The molecule has 0 fully saturated rings. The van der Waals surface area contributed by atoms with Gasteiger partial charge in [0.25, 0.3) is 0 Å². The summed E-state index contributed by atoms with van der Waals surface area (Å²) in [6.45, 7) is 0. The molecular formula is C12H11N3O. The predicted octanol–water partition coefficient (Wildman–Crippen LogP) is 1.90. The van der Waals surface area contributed by atoms with Crippen molar-refractivity contribution in [2.75, 3.05) is 0 Å². The van der Waals surface area contributed by atoms with E-state index in [1.165, 1.54) is 6.33 Å². The van der Waals surface area contributed by atoms with Crippen molar-refractivity contribution < 1.29 is 5.21 Å². The molecular weight excluding hydrogens is 202 g/mol. The number of rotatable bonds is 3. The van der Waals surface area contributed by atoms with E-state index in [-0.39, 0.29) is 0 Å². The van der Waals surface area contributed by atoms with E-state index in [0.29, 0.717) is 12.1 Å². The molecule has 1 N–H and O–H groups in total. The lowest BCUT2D eigenvalue weighted by Gasteiger charge is -2.03.